The van der Waals surface area contributed by atoms with E-state index in [1.165, 1.54) is 9.58 Å². The van der Waals surface area contributed by atoms with Crippen LogP contribution in [0.15, 0.2) is 4.90 Å². The molecule has 0 fully saturated rings. The Bertz CT molecular complexity index is 577. The van der Waals surface area contributed by atoms with E-state index in [2.05, 4.69) is 5.10 Å². The molecule has 0 N–H and O–H groups in total. The van der Waals surface area contributed by atoms with Gasteiger partial charge < -0.3 is 4.90 Å². The molecule has 1 aromatic rings. The predicted octanol–water partition coefficient (Wildman–Crippen LogP) is 1.08. The second-order valence-corrected chi connectivity index (χ2v) is 6.79. The molecule has 1 heterocycles. The zero-order chi connectivity index (χ0) is 14.2. The van der Waals surface area contributed by atoms with Crippen molar-refractivity contribution in [2.24, 2.45) is 0 Å². The molecule has 1 atom stereocenters. The first-order valence-electron chi connectivity index (χ1n) is 5.29. The molecule has 1 unspecified atom stereocenters. The van der Waals surface area contributed by atoms with E-state index < -0.39 is 15.1 Å². The summed E-state index contributed by atoms with van der Waals surface area (Å²) in [5.41, 5.74) is 0.658. The summed E-state index contributed by atoms with van der Waals surface area (Å²) in [6.07, 6.45) is 0. The molecule has 0 aliphatic carbocycles. The molecule has 0 aromatic carbocycles. The lowest BCUT2D eigenvalue weighted by molar-refractivity contribution is -0.132. The van der Waals surface area contributed by atoms with Crippen molar-refractivity contribution in [2.45, 2.75) is 31.7 Å². The number of rotatable bonds is 3. The largest absolute Gasteiger partial charge is 0.347 e. The minimum atomic E-state index is -3.86. The number of hydrogen-bond acceptors (Lipinski definition) is 4. The Morgan fingerprint density at radius 1 is 1.39 bits per heavy atom. The van der Waals surface area contributed by atoms with Gasteiger partial charge in [0.05, 0.1) is 11.4 Å². The van der Waals surface area contributed by atoms with Crippen LogP contribution in [0.1, 0.15) is 24.4 Å². The fraction of sp³-hybridized carbons (Fsp3) is 0.600. The third-order valence-electron chi connectivity index (χ3n) is 2.67. The zero-order valence-electron chi connectivity index (χ0n) is 10.9. The number of nitrogens with zero attached hydrogens (tertiary/aromatic N) is 3. The Kier molecular flexibility index (Phi) is 4.07. The van der Waals surface area contributed by atoms with Crippen LogP contribution in [-0.4, -0.2) is 43.1 Å². The number of aromatic nitrogens is 2. The SMILES string of the molecule is Cc1nn(C(C)C(=O)N(C)C)c(C)c1S(=O)(=O)Cl. The number of likely N-dealkylation sites (N-methyl/N-ethyl adjacent to an activating group) is 1. The molecule has 8 heteroatoms. The molecule has 1 aromatic heterocycles. The maximum Gasteiger partial charge on any atom is 0.264 e. The highest BCUT2D eigenvalue weighted by Gasteiger charge is 2.27. The molecule has 6 nitrogen and oxygen atoms in total. The van der Waals surface area contributed by atoms with E-state index in [0.29, 0.717) is 11.4 Å². The van der Waals surface area contributed by atoms with E-state index in [1.54, 1.807) is 34.9 Å². The third-order valence-corrected chi connectivity index (χ3v) is 4.21. The van der Waals surface area contributed by atoms with Crippen LogP contribution in [0.5, 0.6) is 0 Å². The van der Waals surface area contributed by atoms with Crippen LogP contribution in [-0.2, 0) is 13.8 Å². The predicted molar refractivity (Wildman–Crippen MR) is 68.1 cm³/mol. The second-order valence-electron chi connectivity index (χ2n) is 4.29. The average molecular weight is 294 g/mol. The molecule has 0 radical (unpaired) electrons. The van der Waals surface area contributed by atoms with Gasteiger partial charge in [-0.2, -0.15) is 5.10 Å². The van der Waals surface area contributed by atoms with Crippen LogP contribution in [0, 0.1) is 13.8 Å². The normalized spacial score (nSPS) is 13.4. The highest BCUT2D eigenvalue weighted by molar-refractivity contribution is 8.13. The summed E-state index contributed by atoms with van der Waals surface area (Å²) in [6, 6.07) is -0.578. The van der Waals surface area contributed by atoms with Crippen molar-refractivity contribution >= 4 is 25.6 Å². The second kappa shape index (κ2) is 4.89. The molecule has 0 saturated heterocycles. The monoisotopic (exact) mass is 293 g/mol. The van der Waals surface area contributed by atoms with Gasteiger partial charge in [-0.1, -0.05) is 0 Å². The Morgan fingerprint density at radius 2 is 1.89 bits per heavy atom. The Hall–Kier alpha value is -1.08. The molecule has 0 aliphatic rings. The van der Waals surface area contributed by atoms with Crippen LogP contribution in [0.3, 0.4) is 0 Å². The standard InChI is InChI=1S/C10H16ClN3O3S/c1-6-9(18(11,16)17)7(2)14(12-6)8(3)10(15)13(4)5/h8H,1-5H3. The van der Waals surface area contributed by atoms with Crippen LogP contribution < -0.4 is 0 Å². The van der Waals surface area contributed by atoms with Gasteiger partial charge in [-0.3, -0.25) is 9.48 Å². The lowest BCUT2D eigenvalue weighted by atomic mass is 10.3. The molecule has 1 amide bonds. The van der Waals surface area contributed by atoms with Gasteiger partial charge in [-0.05, 0) is 20.8 Å². The van der Waals surface area contributed by atoms with Gasteiger partial charge in [0.1, 0.15) is 10.9 Å². The molecule has 0 spiro atoms. The lowest BCUT2D eigenvalue weighted by Gasteiger charge is -2.18. The summed E-state index contributed by atoms with van der Waals surface area (Å²) in [6.45, 7) is 4.78. The summed E-state index contributed by atoms with van der Waals surface area (Å²) in [5, 5.41) is 4.09. The quantitative estimate of drug-likeness (QED) is 0.782. The van der Waals surface area contributed by atoms with E-state index in [1.807, 2.05) is 0 Å². The number of amides is 1. The average Bonchev–Trinajstić information content (AvgIpc) is 2.50. The third kappa shape index (κ3) is 2.67. The van der Waals surface area contributed by atoms with Crippen LogP contribution in [0.4, 0.5) is 0 Å². The number of aryl methyl sites for hydroxylation is 1. The van der Waals surface area contributed by atoms with Gasteiger partial charge >= 0.3 is 0 Å². The summed E-state index contributed by atoms with van der Waals surface area (Å²) < 4.78 is 24.2. The van der Waals surface area contributed by atoms with Crippen molar-refractivity contribution in [1.29, 1.82) is 0 Å². The molecular weight excluding hydrogens is 278 g/mol. The minimum Gasteiger partial charge on any atom is -0.347 e. The molecule has 0 saturated carbocycles. The molecule has 0 aliphatic heterocycles. The smallest absolute Gasteiger partial charge is 0.264 e. The van der Waals surface area contributed by atoms with E-state index in [9.17, 15) is 13.2 Å². The Labute approximate surface area is 111 Å². The van der Waals surface area contributed by atoms with Crippen molar-refractivity contribution in [3.63, 3.8) is 0 Å². The van der Waals surface area contributed by atoms with Crippen molar-refractivity contribution in [2.75, 3.05) is 14.1 Å². The van der Waals surface area contributed by atoms with Crippen molar-refractivity contribution in [3.8, 4) is 0 Å². The lowest BCUT2D eigenvalue weighted by Crippen LogP contribution is -2.31. The van der Waals surface area contributed by atoms with E-state index in [0.717, 1.165) is 0 Å². The molecular formula is C10H16ClN3O3S. The summed E-state index contributed by atoms with van der Waals surface area (Å²) in [7, 11) is 4.75. The summed E-state index contributed by atoms with van der Waals surface area (Å²) >= 11 is 0. The van der Waals surface area contributed by atoms with Crippen LogP contribution >= 0.6 is 10.7 Å². The van der Waals surface area contributed by atoms with Crippen molar-refractivity contribution in [3.05, 3.63) is 11.4 Å². The van der Waals surface area contributed by atoms with Crippen molar-refractivity contribution < 1.29 is 13.2 Å². The number of carbonyl (C=O) groups excluding carboxylic acids is 1. The highest BCUT2D eigenvalue weighted by Crippen LogP contribution is 2.25. The summed E-state index contributed by atoms with van der Waals surface area (Å²) in [4.78, 5) is 13.2. The molecule has 1 rings (SSSR count). The Morgan fingerprint density at radius 3 is 2.22 bits per heavy atom. The molecule has 18 heavy (non-hydrogen) atoms. The van der Waals surface area contributed by atoms with E-state index in [-0.39, 0.29) is 10.8 Å². The number of halogens is 1. The van der Waals surface area contributed by atoms with Gasteiger partial charge in [0.2, 0.25) is 5.91 Å². The highest BCUT2D eigenvalue weighted by atomic mass is 35.7. The van der Waals surface area contributed by atoms with E-state index in [4.69, 9.17) is 10.7 Å². The maximum atomic E-state index is 11.8. The topological polar surface area (TPSA) is 72.3 Å². The zero-order valence-corrected chi connectivity index (χ0v) is 12.5. The van der Waals surface area contributed by atoms with Gasteiger partial charge in [0.15, 0.2) is 0 Å². The maximum absolute atomic E-state index is 11.8. The van der Waals surface area contributed by atoms with Gasteiger partial charge in [-0.25, -0.2) is 8.42 Å². The number of carbonyl (C=O) groups is 1. The molecule has 102 valence electrons. The van der Waals surface area contributed by atoms with E-state index >= 15 is 0 Å². The van der Waals surface area contributed by atoms with Crippen LogP contribution in [0.25, 0.3) is 0 Å². The fourth-order valence-electron chi connectivity index (χ4n) is 1.86. The summed E-state index contributed by atoms with van der Waals surface area (Å²) in [5.74, 6) is -0.167. The van der Waals surface area contributed by atoms with Gasteiger partial charge in [0.25, 0.3) is 9.05 Å². The fourth-order valence-corrected chi connectivity index (χ4v) is 3.37. The first-order chi connectivity index (χ1) is 8.07. The Balaban J connectivity index is 3.34. The first kappa shape index (κ1) is 15.0. The van der Waals surface area contributed by atoms with Gasteiger partial charge in [0, 0.05) is 24.8 Å². The van der Waals surface area contributed by atoms with Crippen LogP contribution in [0.2, 0.25) is 0 Å². The minimum absolute atomic E-state index is 0.0254. The first-order valence-corrected chi connectivity index (χ1v) is 7.59. The molecule has 0 bridgehead atoms. The van der Waals surface area contributed by atoms with Gasteiger partial charge in [-0.15, -0.1) is 0 Å². The number of hydrogen-bond donors (Lipinski definition) is 0. The van der Waals surface area contributed by atoms with Crippen molar-refractivity contribution in [1.82, 2.24) is 14.7 Å².